The van der Waals surface area contributed by atoms with Crippen LogP contribution in [0.5, 0.6) is 11.5 Å². The summed E-state index contributed by atoms with van der Waals surface area (Å²) in [6.45, 7) is 2.70. The Hall–Kier alpha value is -2.80. The van der Waals surface area contributed by atoms with Crippen molar-refractivity contribution >= 4 is 17.3 Å². The molecule has 0 saturated heterocycles. The van der Waals surface area contributed by atoms with Gasteiger partial charge in [-0.15, -0.1) is 0 Å². The molecule has 0 fully saturated rings. The molecule has 1 N–H and O–H groups in total. The Bertz CT molecular complexity index is 869. The van der Waals surface area contributed by atoms with Crippen LogP contribution in [0.1, 0.15) is 37.0 Å². The molecule has 0 saturated carbocycles. The molecule has 0 bridgehead atoms. The van der Waals surface area contributed by atoms with E-state index in [1.165, 1.54) is 14.0 Å². The fourth-order valence-corrected chi connectivity index (χ4v) is 3.70. The molecular weight excluding hydrogens is 350 g/mol. The SMILES string of the molecule is COC1=CC2=C(C1=O)c1cc3c(cc1[C@@H](OC(C)=O)CNCCC2)OCO3. The summed E-state index contributed by atoms with van der Waals surface area (Å²) in [5.41, 5.74) is 2.91. The van der Waals surface area contributed by atoms with Gasteiger partial charge in [-0.05, 0) is 48.7 Å². The molecule has 7 heteroatoms. The number of rotatable bonds is 2. The first kappa shape index (κ1) is 17.6. The van der Waals surface area contributed by atoms with E-state index in [0.29, 0.717) is 34.9 Å². The predicted molar refractivity (Wildman–Crippen MR) is 96.2 cm³/mol. The Kier molecular flexibility index (Phi) is 4.61. The average molecular weight is 371 g/mol. The zero-order valence-corrected chi connectivity index (χ0v) is 15.3. The lowest BCUT2D eigenvalue weighted by atomic mass is 9.90. The standard InChI is InChI=1S/C20H21NO6/c1-11(22)27-18-9-21-5-3-4-12-6-17(24-2)20(23)19(12)14-8-16-15(7-13(14)18)25-10-26-16/h6-8,18,21H,3-5,9-10H2,1-2H3/t18-/m0/s1. The zero-order valence-electron chi connectivity index (χ0n) is 15.3. The summed E-state index contributed by atoms with van der Waals surface area (Å²) in [6.07, 6.45) is 2.85. The Labute approximate surface area is 156 Å². The minimum Gasteiger partial charge on any atom is -0.493 e. The molecule has 1 aromatic rings. The minimum absolute atomic E-state index is 0.121. The van der Waals surface area contributed by atoms with Gasteiger partial charge in [0, 0.05) is 24.6 Å². The molecule has 27 heavy (non-hydrogen) atoms. The normalized spacial score (nSPS) is 21.3. The van der Waals surface area contributed by atoms with Crippen LogP contribution in [-0.4, -0.2) is 38.7 Å². The van der Waals surface area contributed by atoms with Gasteiger partial charge in [0.1, 0.15) is 6.10 Å². The Morgan fingerprint density at radius 2 is 2.04 bits per heavy atom. The summed E-state index contributed by atoms with van der Waals surface area (Å²) < 4.78 is 21.9. The number of hydrogen-bond donors (Lipinski definition) is 1. The van der Waals surface area contributed by atoms with Crippen molar-refractivity contribution in [3.05, 3.63) is 40.7 Å². The number of carbonyl (C=O) groups excluding carboxylic acids is 2. The number of benzene rings is 1. The number of fused-ring (bicyclic) bond motifs is 3. The first-order valence-corrected chi connectivity index (χ1v) is 8.94. The lowest BCUT2D eigenvalue weighted by molar-refractivity contribution is -0.146. The van der Waals surface area contributed by atoms with Crippen LogP contribution in [0.4, 0.5) is 0 Å². The van der Waals surface area contributed by atoms with Crippen LogP contribution in [0.15, 0.2) is 29.5 Å². The third kappa shape index (κ3) is 3.19. The zero-order chi connectivity index (χ0) is 19.0. The van der Waals surface area contributed by atoms with Crippen LogP contribution in [0.3, 0.4) is 0 Å². The number of methoxy groups -OCH3 is 1. The summed E-state index contributed by atoms with van der Waals surface area (Å²) in [4.78, 5) is 24.7. The number of nitrogens with one attached hydrogen (secondary N) is 1. The van der Waals surface area contributed by atoms with Gasteiger partial charge in [0.15, 0.2) is 17.3 Å². The number of ether oxygens (including phenoxy) is 4. The Balaban J connectivity index is 1.90. The van der Waals surface area contributed by atoms with Gasteiger partial charge >= 0.3 is 5.97 Å². The van der Waals surface area contributed by atoms with Gasteiger partial charge in [0.25, 0.3) is 0 Å². The van der Waals surface area contributed by atoms with Crippen LogP contribution in [0, 0.1) is 0 Å². The second-order valence-corrected chi connectivity index (χ2v) is 6.64. The fourth-order valence-electron chi connectivity index (χ4n) is 3.70. The van der Waals surface area contributed by atoms with E-state index in [4.69, 9.17) is 18.9 Å². The predicted octanol–water partition coefficient (Wildman–Crippen LogP) is 2.27. The third-order valence-corrected chi connectivity index (χ3v) is 4.90. The first-order chi connectivity index (χ1) is 13.1. The van der Waals surface area contributed by atoms with Gasteiger partial charge in [-0.3, -0.25) is 9.59 Å². The van der Waals surface area contributed by atoms with E-state index in [1.807, 2.05) is 0 Å². The number of hydrogen-bond acceptors (Lipinski definition) is 7. The molecule has 0 aromatic heterocycles. The van der Waals surface area contributed by atoms with Crippen molar-refractivity contribution in [2.24, 2.45) is 0 Å². The highest BCUT2D eigenvalue weighted by molar-refractivity contribution is 6.32. The monoisotopic (exact) mass is 371 g/mol. The quantitative estimate of drug-likeness (QED) is 0.799. The molecule has 0 amide bonds. The average Bonchev–Trinajstić information content (AvgIpc) is 3.22. The van der Waals surface area contributed by atoms with Crippen LogP contribution in [-0.2, 0) is 19.1 Å². The maximum absolute atomic E-state index is 13.0. The molecule has 0 radical (unpaired) electrons. The lowest BCUT2D eigenvalue weighted by Crippen LogP contribution is -2.27. The molecule has 1 aliphatic carbocycles. The minimum atomic E-state index is -0.543. The number of allylic oxidation sites excluding steroid dienone is 3. The van der Waals surface area contributed by atoms with Gasteiger partial charge in [-0.25, -0.2) is 0 Å². The Morgan fingerprint density at radius 1 is 1.26 bits per heavy atom. The van der Waals surface area contributed by atoms with E-state index in [9.17, 15) is 9.59 Å². The van der Waals surface area contributed by atoms with E-state index >= 15 is 0 Å². The Morgan fingerprint density at radius 3 is 2.78 bits per heavy atom. The van der Waals surface area contributed by atoms with E-state index in [2.05, 4.69) is 5.32 Å². The molecule has 2 aliphatic heterocycles. The molecule has 7 nitrogen and oxygen atoms in total. The highest BCUT2D eigenvalue weighted by atomic mass is 16.7. The molecule has 0 spiro atoms. The van der Waals surface area contributed by atoms with Crippen molar-refractivity contribution in [3.8, 4) is 11.5 Å². The largest absolute Gasteiger partial charge is 0.493 e. The molecule has 3 aliphatic rings. The van der Waals surface area contributed by atoms with E-state index in [1.54, 1.807) is 18.2 Å². The summed E-state index contributed by atoms with van der Waals surface area (Å²) in [7, 11) is 1.49. The number of ketones is 1. The van der Waals surface area contributed by atoms with Gasteiger partial charge in [0.05, 0.1) is 7.11 Å². The second kappa shape index (κ2) is 7.08. The van der Waals surface area contributed by atoms with Crippen molar-refractivity contribution < 1.29 is 28.5 Å². The van der Waals surface area contributed by atoms with Gasteiger partial charge < -0.3 is 24.3 Å². The highest BCUT2D eigenvalue weighted by Gasteiger charge is 2.33. The summed E-state index contributed by atoms with van der Waals surface area (Å²) in [5, 5.41) is 3.33. The van der Waals surface area contributed by atoms with Gasteiger partial charge in [-0.2, -0.15) is 0 Å². The molecule has 142 valence electrons. The van der Waals surface area contributed by atoms with Crippen molar-refractivity contribution in [3.63, 3.8) is 0 Å². The first-order valence-electron chi connectivity index (χ1n) is 8.94. The third-order valence-electron chi connectivity index (χ3n) is 4.90. The molecule has 1 atom stereocenters. The fraction of sp³-hybridized carbons (Fsp3) is 0.400. The summed E-state index contributed by atoms with van der Waals surface area (Å²) >= 11 is 0. The summed E-state index contributed by atoms with van der Waals surface area (Å²) in [6, 6.07) is 3.60. The van der Waals surface area contributed by atoms with E-state index in [0.717, 1.165) is 30.5 Å². The number of Topliss-reactive ketones (excluding diaryl/α,β-unsaturated/α-hetero) is 1. The molecule has 0 unspecified atom stereocenters. The highest BCUT2D eigenvalue weighted by Crippen LogP contribution is 2.43. The molecular formula is C20H21NO6. The summed E-state index contributed by atoms with van der Waals surface area (Å²) in [5.74, 6) is 0.925. The number of esters is 1. The lowest BCUT2D eigenvalue weighted by Gasteiger charge is -2.23. The maximum atomic E-state index is 13.0. The van der Waals surface area contributed by atoms with Crippen molar-refractivity contribution in [2.75, 3.05) is 27.0 Å². The molecule has 4 rings (SSSR count). The van der Waals surface area contributed by atoms with E-state index < -0.39 is 6.10 Å². The van der Waals surface area contributed by atoms with Crippen LogP contribution >= 0.6 is 0 Å². The maximum Gasteiger partial charge on any atom is 0.303 e. The van der Waals surface area contributed by atoms with E-state index in [-0.39, 0.29) is 18.5 Å². The van der Waals surface area contributed by atoms with Gasteiger partial charge in [-0.1, -0.05) is 0 Å². The smallest absolute Gasteiger partial charge is 0.303 e. The van der Waals surface area contributed by atoms with Gasteiger partial charge in [0.2, 0.25) is 12.6 Å². The number of carbonyl (C=O) groups is 2. The van der Waals surface area contributed by atoms with Crippen molar-refractivity contribution in [1.82, 2.24) is 5.32 Å². The molecule has 1 aromatic carbocycles. The topological polar surface area (TPSA) is 83.1 Å². The van der Waals surface area contributed by atoms with Crippen LogP contribution in [0.25, 0.3) is 5.57 Å². The van der Waals surface area contributed by atoms with Crippen LogP contribution < -0.4 is 14.8 Å². The second-order valence-electron chi connectivity index (χ2n) is 6.64. The van der Waals surface area contributed by atoms with Crippen molar-refractivity contribution in [2.45, 2.75) is 25.9 Å². The molecule has 2 heterocycles. The van der Waals surface area contributed by atoms with Crippen LogP contribution in [0.2, 0.25) is 0 Å². The van der Waals surface area contributed by atoms with Crippen molar-refractivity contribution in [1.29, 1.82) is 0 Å².